The Balaban J connectivity index is 3.44. The van der Waals surface area contributed by atoms with Gasteiger partial charge in [0.15, 0.2) is 17.4 Å². The normalized spacial score (nSPS) is 10.4. The molecule has 1 aromatic rings. The van der Waals surface area contributed by atoms with E-state index in [2.05, 4.69) is 4.74 Å². The van der Waals surface area contributed by atoms with Crippen molar-refractivity contribution in [2.45, 2.75) is 13.3 Å². The Morgan fingerprint density at radius 1 is 1.24 bits per heavy atom. The molecular weight excluding hydrogens is 241 g/mol. The molecule has 1 rings (SSSR count). The van der Waals surface area contributed by atoms with Crippen LogP contribution in [0.15, 0.2) is 0 Å². The second kappa shape index (κ2) is 4.94. The summed E-state index contributed by atoms with van der Waals surface area (Å²) in [5.41, 5.74) is -1.35. The molecule has 0 fully saturated rings. The molecule has 0 atom stereocenters. The summed E-state index contributed by atoms with van der Waals surface area (Å²) in [7, 11) is 0. The number of carbonyl (C=O) groups is 1. The van der Waals surface area contributed by atoms with E-state index in [1.165, 1.54) is 0 Å². The molecule has 0 aromatic heterocycles. The van der Waals surface area contributed by atoms with E-state index < -0.39 is 40.5 Å². The highest BCUT2D eigenvalue weighted by molar-refractivity contribution is 5.92. The fourth-order valence-corrected chi connectivity index (χ4v) is 1.16. The second-order valence-corrected chi connectivity index (χ2v) is 3.15. The molecule has 2 N–H and O–H groups in total. The lowest BCUT2D eigenvalue weighted by atomic mass is 10.1. The molecule has 4 nitrogen and oxygen atoms in total. The summed E-state index contributed by atoms with van der Waals surface area (Å²) in [5.74, 6) is -9.88. The maximum atomic E-state index is 13.2. The first-order chi connectivity index (χ1) is 7.91. The van der Waals surface area contributed by atoms with Crippen molar-refractivity contribution >= 4 is 5.97 Å². The van der Waals surface area contributed by atoms with Gasteiger partial charge in [-0.2, -0.15) is 4.39 Å². The Hall–Kier alpha value is -1.92. The number of hydrogen-bond acceptors (Lipinski definition) is 3. The monoisotopic (exact) mass is 250 g/mol. The number of carboxylic acids is 1. The van der Waals surface area contributed by atoms with Crippen molar-refractivity contribution in [1.82, 2.24) is 0 Å². The summed E-state index contributed by atoms with van der Waals surface area (Å²) in [6.45, 7) is 1.58. The zero-order chi connectivity index (χ0) is 13.2. The quantitative estimate of drug-likeness (QED) is 0.804. The molecule has 0 amide bonds. The van der Waals surface area contributed by atoms with Gasteiger partial charge in [0.1, 0.15) is 5.56 Å². The third-order valence-corrected chi connectivity index (χ3v) is 1.92. The van der Waals surface area contributed by atoms with Gasteiger partial charge in [0, 0.05) is 0 Å². The molecule has 0 unspecified atom stereocenters. The van der Waals surface area contributed by atoms with Crippen LogP contribution < -0.4 is 4.74 Å². The van der Waals surface area contributed by atoms with Gasteiger partial charge in [0.05, 0.1) is 6.61 Å². The van der Waals surface area contributed by atoms with Crippen LogP contribution in [0.5, 0.6) is 11.5 Å². The predicted octanol–water partition coefficient (Wildman–Crippen LogP) is 2.30. The fraction of sp³-hybridized carbons (Fsp3) is 0.300. The Bertz CT molecular complexity index is 460. The van der Waals surface area contributed by atoms with E-state index in [0.717, 1.165) is 0 Å². The van der Waals surface area contributed by atoms with E-state index in [-0.39, 0.29) is 6.61 Å². The highest BCUT2D eigenvalue weighted by Gasteiger charge is 2.29. The van der Waals surface area contributed by atoms with E-state index in [4.69, 9.17) is 5.11 Å². The van der Waals surface area contributed by atoms with Crippen molar-refractivity contribution in [3.8, 4) is 11.5 Å². The number of carboxylic acid groups (broad SMARTS) is 1. The molecule has 0 aliphatic heterocycles. The van der Waals surface area contributed by atoms with Crippen molar-refractivity contribution in [3.63, 3.8) is 0 Å². The maximum Gasteiger partial charge on any atom is 0.342 e. The smallest absolute Gasteiger partial charge is 0.342 e. The minimum Gasteiger partial charge on any atom is -0.504 e. The SMILES string of the molecule is CCCOc1c(O)c(C(=O)O)c(F)c(F)c1F. The van der Waals surface area contributed by atoms with Gasteiger partial charge in [-0.1, -0.05) is 6.92 Å². The molecule has 0 saturated heterocycles. The molecular formula is C10H9F3O4. The average molecular weight is 250 g/mol. The van der Waals surface area contributed by atoms with Crippen LogP contribution in [0.3, 0.4) is 0 Å². The Labute approximate surface area is 94.3 Å². The van der Waals surface area contributed by atoms with Crippen molar-refractivity contribution < 1.29 is 32.9 Å². The first-order valence-electron chi connectivity index (χ1n) is 4.67. The first-order valence-corrected chi connectivity index (χ1v) is 4.67. The zero-order valence-electron chi connectivity index (χ0n) is 8.76. The lowest BCUT2D eigenvalue weighted by Crippen LogP contribution is -2.09. The summed E-state index contributed by atoms with van der Waals surface area (Å²) < 4.78 is 43.9. The number of aromatic carboxylic acids is 1. The molecule has 0 aliphatic carbocycles. The van der Waals surface area contributed by atoms with Crippen molar-refractivity contribution in [2.75, 3.05) is 6.61 Å². The number of halogens is 3. The summed E-state index contributed by atoms with van der Waals surface area (Å²) in [6.07, 6.45) is 0.417. The van der Waals surface area contributed by atoms with E-state index >= 15 is 0 Å². The minimum absolute atomic E-state index is 0.0748. The lowest BCUT2D eigenvalue weighted by Gasteiger charge is -2.11. The van der Waals surface area contributed by atoms with Crippen LogP contribution in [0.4, 0.5) is 13.2 Å². The number of benzene rings is 1. The Kier molecular flexibility index (Phi) is 3.82. The van der Waals surface area contributed by atoms with Crippen molar-refractivity contribution in [3.05, 3.63) is 23.0 Å². The van der Waals surface area contributed by atoms with Crippen LogP contribution in [0.2, 0.25) is 0 Å². The second-order valence-electron chi connectivity index (χ2n) is 3.15. The third kappa shape index (κ3) is 2.27. The van der Waals surface area contributed by atoms with E-state index in [9.17, 15) is 23.1 Å². The number of phenols is 1. The molecule has 0 saturated carbocycles. The highest BCUT2D eigenvalue weighted by atomic mass is 19.2. The molecule has 0 bridgehead atoms. The topological polar surface area (TPSA) is 66.8 Å². The zero-order valence-corrected chi connectivity index (χ0v) is 8.76. The average Bonchev–Trinajstić information content (AvgIpc) is 2.26. The van der Waals surface area contributed by atoms with Gasteiger partial charge in [0.25, 0.3) is 0 Å². The van der Waals surface area contributed by atoms with Gasteiger partial charge in [-0.05, 0) is 6.42 Å². The third-order valence-electron chi connectivity index (χ3n) is 1.92. The van der Waals surface area contributed by atoms with Crippen molar-refractivity contribution in [1.29, 1.82) is 0 Å². The van der Waals surface area contributed by atoms with Gasteiger partial charge >= 0.3 is 5.97 Å². The van der Waals surface area contributed by atoms with Crippen LogP contribution in [0.1, 0.15) is 23.7 Å². The van der Waals surface area contributed by atoms with Gasteiger partial charge in [-0.25, -0.2) is 13.6 Å². The summed E-state index contributed by atoms with van der Waals surface area (Å²) in [6, 6.07) is 0. The van der Waals surface area contributed by atoms with Crippen LogP contribution in [-0.2, 0) is 0 Å². The Morgan fingerprint density at radius 2 is 1.82 bits per heavy atom. The number of rotatable bonds is 4. The van der Waals surface area contributed by atoms with E-state index in [1.54, 1.807) is 6.92 Å². The van der Waals surface area contributed by atoms with Crippen LogP contribution in [0, 0.1) is 17.5 Å². The molecule has 0 aliphatic rings. The summed E-state index contributed by atoms with van der Waals surface area (Å²) in [5, 5.41) is 17.9. The number of aromatic hydroxyl groups is 1. The fourth-order valence-electron chi connectivity index (χ4n) is 1.16. The van der Waals surface area contributed by atoms with Gasteiger partial charge in [-0.15, -0.1) is 0 Å². The van der Waals surface area contributed by atoms with Crippen LogP contribution in [-0.4, -0.2) is 22.8 Å². The van der Waals surface area contributed by atoms with Crippen molar-refractivity contribution in [2.24, 2.45) is 0 Å². The molecule has 0 radical (unpaired) electrons. The number of hydrogen-bond donors (Lipinski definition) is 2. The Morgan fingerprint density at radius 3 is 2.29 bits per heavy atom. The van der Waals surface area contributed by atoms with Gasteiger partial charge in [0.2, 0.25) is 11.6 Å². The minimum atomic E-state index is -1.99. The standard InChI is InChI=1S/C10H9F3O4/c1-2-3-17-9-7(13)6(12)5(11)4(8(9)14)10(15)16/h14H,2-3H2,1H3,(H,15,16). The van der Waals surface area contributed by atoms with Gasteiger partial charge in [-0.3, -0.25) is 0 Å². The molecule has 7 heteroatoms. The molecule has 17 heavy (non-hydrogen) atoms. The largest absolute Gasteiger partial charge is 0.504 e. The number of ether oxygens (including phenoxy) is 1. The molecule has 0 heterocycles. The molecule has 94 valence electrons. The maximum absolute atomic E-state index is 13.2. The summed E-state index contributed by atoms with van der Waals surface area (Å²) in [4.78, 5) is 10.6. The first kappa shape index (κ1) is 13.1. The van der Waals surface area contributed by atoms with Crippen LogP contribution in [0.25, 0.3) is 0 Å². The van der Waals surface area contributed by atoms with E-state index in [0.29, 0.717) is 6.42 Å². The molecule has 1 aromatic carbocycles. The van der Waals surface area contributed by atoms with E-state index in [1.807, 2.05) is 0 Å². The predicted molar refractivity (Wildman–Crippen MR) is 50.7 cm³/mol. The highest BCUT2D eigenvalue weighted by Crippen LogP contribution is 2.37. The lowest BCUT2D eigenvalue weighted by molar-refractivity contribution is 0.0685. The van der Waals surface area contributed by atoms with Gasteiger partial charge < -0.3 is 14.9 Å². The summed E-state index contributed by atoms with van der Waals surface area (Å²) >= 11 is 0. The molecule has 0 spiro atoms. The van der Waals surface area contributed by atoms with Crippen LogP contribution >= 0.6 is 0 Å².